The Kier molecular flexibility index (Phi) is 5.69. The molecule has 0 radical (unpaired) electrons. The van der Waals surface area contributed by atoms with Crippen LogP contribution in [0.25, 0.3) is 0 Å². The van der Waals surface area contributed by atoms with Gasteiger partial charge in [0, 0.05) is 0 Å². The van der Waals surface area contributed by atoms with Gasteiger partial charge in [0.15, 0.2) is 11.5 Å². The van der Waals surface area contributed by atoms with Crippen LogP contribution in [0.15, 0.2) is 12.1 Å². The van der Waals surface area contributed by atoms with Crippen molar-refractivity contribution >= 4 is 5.91 Å². The number of amides is 1. The molecule has 1 aromatic carbocycles. The second kappa shape index (κ2) is 7.05. The second-order valence-electron chi connectivity index (χ2n) is 4.10. The van der Waals surface area contributed by atoms with E-state index in [1.807, 2.05) is 0 Å². The Balaban J connectivity index is 2.86. The molecule has 1 amide bonds. The maximum absolute atomic E-state index is 12.0. The average Bonchev–Trinajstić information content (AvgIpc) is 2.43. The van der Waals surface area contributed by atoms with E-state index < -0.39 is 18.6 Å². The number of methoxy groups -OCH3 is 3. The third-order valence-electron chi connectivity index (χ3n) is 2.58. The highest BCUT2D eigenvalue weighted by Gasteiger charge is 2.27. The second-order valence-corrected chi connectivity index (χ2v) is 4.10. The summed E-state index contributed by atoms with van der Waals surface area (Å²) < 4.78 is 51.4. The van der Waals surface area contributed by atoms with Crippen LogP contribution in [-0.4, -0.2) is 40.0 Å². The van der Waals surface area contributed by atoms with Crippen LogP contribution in [0, 0.1) is 0 Å². The molecule has 118 valence electrons. The van der Waals surface area contributed by atoms with E-state index in [0.29, 0.717) is 22.8 Å². The zero-order chi connectivity index (χ0) is 16.0. The Morgan fingerprint density at radius 3 is 2.00 bits per heavy atom. The highest BCUT2D eigenvalue weighted by atomic mass is 19.4. The average molecular weight is 307 g/mol. The van der Waals surface area contributed by atoms with Crippen molar-refractivity contribution in [2.24, 2.45) is 0 Å². The molecule has 0 heterocycles. The molecule has 0 aliphatic rings. The van der Waals surface area contributed by atoms with E-state index in [1.54, 1.807) is 5.32 Å². The summed E-state index contributed by atoms with van der Waals surface area (Å²) in [5.41, 5.74) is 0.448. The van der Waals surface area contributed by atoms with Crippen LogP contribution >= 0.6 is 0 Å². The Bertz CT molecular complexity index is 478. The lowest BCUT2D eigenvalue weighted by atomic mass is 10.1. The normalized spacial score (nSPS) is 11.0. The van der Waals surface area contributed by atoms with E-state index >= 15 is 0 Å². The lowest BCUT2D eigenvalue weighted by molar-refractivity contribution is -0.138. The number of carbonyl (C=O) groups excluding carboxylic acids is 1. The predicted octanol–water partition coefficient (Wildman–Crippen LogP) is 1.93. The number of benzene rings is 1. The van der Waals surface area contributed by atoms with Gasteiger partial charge in [-0.2, -0.15) is 13.2 Å². The van der Waals surface area contributed by atoms with Gasteiger partial charge in [-0.1, -0.05) is 0 Å². The van der Waals surface area contributed by atoms with E-state index in [0.717, 1.165) is 0 Å². The molecular formula is C13H16F3NO4. The predicted molar refractivity (Wildman–Crippen MR) is 68.9 cm³/mol. The first-order valence-corrected chi connectivity index (χ1v) is 5.93. The molecule has 5 nitrogen and oxygen atoms in total. The minimum absolute atomic E-state index is 0.229. The number of rotatable bonds is 6. The topological polar surface area (TPSA) is 56.8 Å². The minimum atomic E-state index is -4.44. The Hall–Kier alpha value is -2.12. The van der Waals surface area contributed by atoms with E-state index in [-0.39, 0.29) is 6.42 Å². The molecule has 0 bridgehead atoms. The summed E-state index contributed by atoms with van der Waals surface area (Å²) in [7, 11) is 4.24. The number of carbonyl (C=O) groups is 1. The van der Waals surface area contributed by atoms with Gasteiger partial charge in [0.1, 0.15) is 6.54 Å². The van der Waals surface area contributed by atoms with Crippen LogP contribution in [-0.2, 0) is 11.2 Å². The van der Waals surface area contributed by atoms with Gasteiger partial charge in [0.25, 0.3) is 0 Å². The first-order chi connectivity index (χ1) is 9.80. The van der Waals surface area contributed by atoms with Crippen LogP contribution < -0.4 is 19.5 Å². The maximum atomic E-state index is 12.0. The Morgan fingerprint density at radius 2 is 1.62 bits per heavy atom. The quantitative estimate of drug-likeness (QED) is 0.872. The smallest absolute Gasteiger partial charge is 0.405 e. The van der Waals surface area contributed by atoms with E-state index in [9.17, 15) is 18.0 Å². The fourth-order valence-electron chi connectivity index (χ4n) is 1.68. The summed E-state index contributed by atoms with van der Waals surface area (Å²) in [5.74, 6) is 0.256. The van der Waals surface area contributed by atoms with Gasteiger partial charge in [-0.15, -0.1) is 0 Å². The summed E-state index contributed by atoms with van der Waals surface area (Å²) >= 11 is 0. The van der Waals surface area contributed by atoms with Gasteiger partial charge < -0.3 is 19.5 Å². The van der Waals surface area contributed by atoms with Gasteiger partial charge in [0.2, 0.25) is 11.7 Å². The van der Waals surface area contributed by atoms with Crippen molar-refractivity contribution in [2.75, 3.05) is 27.9 Å². The standard InChI is InChI=1S/C13H16F3NO4/c1-19-9-4-8(5-10(20-2)12(9)21-3)6-11(18)17-7-13(14,15)16/h4-5H,6-7H2,1-3H3,(H,17,18). The molecule has 0 unspecified atom stereocenters. The fourth-order valence-corrected chi connectivity index (χ4v) is 1.68. The largest absolute Gasteiger partial charge is 0.493 e. The summed E-state index contributed by atoms with van der Waals surface area (Å²) in [6, 6.07) is 3.02. The van der Waals surface area contributed by atoms with Gasteiger partial charge in [0.05, 0.1) is 27.8 Å². The summed E-state index contributed by atoms with van der Waals surface area (Å²) in [5, 5.41) is 1.80. The Morgan fingerprint density at radius 1 is 1.10 bits per heavy atom. The van der Waals surface area contributed by atoms with E-state index in [1.165, 1.54) is 33.5 Å². The zero-order valence-electron chi connectivity index (χ0n) is 11.8. The third-order valence-corrected chi connectivity index (χ3v) is 2.58. The van der Waals surface area contributed by atoms with Crippen molar-refractivity contribution in [3.05, 3.63) is 17.7 Å². The highest BCUT2D eigenvalue weighted by Crippen LogP contribution is 2.38. The fraction of sp³-hybridized carbons (Fsp3) is 0.462. The first kappa shape index (κ1) is 16.9. The zero-order valence-corrected chi connectivity index (χ0v) is 11.8. The van der Waals surface area contributed by atoms with Crippen LogP contribution in [0.4, 0.5) is 13.2 Å². The van der Waals surface area contributed by atoms with Crippen molar-refractivity contribution in [3.8, 4) is 17.2 Å². The minimum Gasteiger partial charge on any atom is -0.493 e. The highest BCUT2D eigenvalue weighted by molar-refractivity contribution is 5.79. The van der Waals surface area contributed by atoms with Crippen LogP contribution in [0.3, 0.4) is 0 Å². The van der Waals surface area contributed by atoms with Gasteiger partial charge >= 0.3 is 6.18 Å². The maximum Gasteiger partial charge on any atom is 0.405 e. The van der Waals surface area contributed by atoms with E-state index in [4.69, 9.17) is 14.2 Å². The van der Waals surface area contributed by atoms with Gasteiger partial charge in [-0.3, -0.25) is 4.79 Å². The summed E-state index contributed by atoms with van der Waals surface area (Å²) in [4.78, 5) is 11.5. The number of halogens is 3. The SMILES string of the molecule is COc1cc(CC(=O)NCC(F)(F)F)cc(OC)c1OC. The molecule has 1 N–H and O–H groups in total. The Labute approximate surface area is 120 Å². The van der Waals surface area contributed by atoms with Crippen LogP contribution in [0.2, 0.25) is 0 Å². The van der Waals surface area contributed by atoms with Gasteiger partial charge in [-0.25, -0.2) is 0 Å². The molecular weight excluding hydrogens is 291 g/mol. The summed E-state index contributed by atoms with van der Waals surface area (Å²) in [6.45, 7) is -1.36. The lowest BCUT2D eigenvalue weighted by Gasteiger charge is -2.14. The molecule has 0 saturated carbocycles. The molecule has 0 aliphatic carbocycles. The molecule has 0 fully saturated rings. The van der Waals surface area contributed by atoms with Crippen LogP contribution in [0.5, 0.6) is 17.2 Å². The van der Waals surface area contributed by atoms with E-state index in [2.05, 4.69) is 0 Å². The number of nitrogens with one attached hydrogen (secondary N) is 1. The number of hydrogen-bond donors (Lipinski definition) is 1. The van der Waals surface area contributed by atoms with Crippen molar-refractivity contribution in [1.29, 1.82) is 0 Å². The third kappa shape index (κ3) is 5.05. The lowest BCUT2D eigenvalue weighted by Crippen LogP contribution is -2.34. The van der Waals surface area contributed by atoms with Gasteiger partial charge in [-0.05, 0) is 17.7 Å². The molecule has 21 heavy (non-hydrogen) atoms. The van der Waals surface area contributed by atoms with Crippen molar-refractivity contribution in [1.82, 2.24) is 5.32 Å². The van der Waals surface area contributed by atoms with Crippen molar-refractivity contribution in [3.63, 3.8) is 0 Å². The molecule has 0 spiro atoms. The molecule has 0 atom stereocenters. The molecule has 0 aliphatic heterocycles. The van der Waals surface area contributed by atoms with Crippen molar-refractivity contribution < 1.29 is 32.2 Å². The number of alkyl halides is 3. The molecule has 0 aromatic heterocycles. The molecule has 1 aromatic rings. The monoisotopic (exact) mass is 307 g/mol. The number of ether oxygens (including phenoxy) is 3. The molecule has 1 rings (SSSR count). The first-order valence-electron chi connectivity index (χ1n) is 5.93. The van der Waals surface area contributed by atoms with Crippen molar-refractivity contribution in [2.45, 2.75) is 12.6 Å². The van der Waals surface area contributed by atoms with Crippen LogP contribution in [0.1, 0.15) is 5.56 Å². The molecule has 8 heteroatoms. The number of hydrogen-bond acceptors (Lipinski definition) is 4. The summed E-state index contributed by atoms with van der Waals surface area (Å²) in [6.07, 6.45) is -4.67. The molecule has 0 saturated heterocycles.